The highest BCUT2D eigenvalue weighted by molar-refractivity contribution is 5.95. The van der Waals surface area contributed by atoms with Crippen molar-refractivity contribution < 1.29 is 27.3 Å². The van der Waals surface area contributed by atoms with Crippen LogP contribution in [0.1, 0.15) is 22.5 Å². The summed E-state index contributed by atoms with van der Waals surface area (Å²) >= 11 is 0. The second-order valence-corrected chi connectivity index (χ2v) is 4.60. The smallest absolute Gasteiger partial charge is 0.254 e. The Hall–Kier alpha value is -2.84. The van der Waals surface area contributed by atoms with Gasteiger partial charge in [-0.05, 0) is 19.1 Å². The molecule has 9 heteroatoms. The van der Waals surface area contributed by atoms with Gasteiger partial charge in [-0.15, -0.1) is 0 Å². The van der Waals surface area contributed by atoms with Crippen molar-refractivity contribution in [1.29, 1.82) is 0 Å². The van der Waals surface area contributed by atoms with Crippen LogP contribution in [0.3, 0.4) is 0 Å². The molecule has 0 bridgehead atoms. The zero-order valence-corrected chi connectivity index (χ0v) is 12.0. The molecular formula is C14H12F3N3O3. The van der Waals surface area contributed by atoms with E-state index in [1.807, 2.05) is 0 Å². The number of anilines is 1. The molecule has 0 saturated heterocycles. The number of hydrogen-bond donors (Lipinski definition) is 2. The zero-order valence-electron chi connectivity index (χ0n) is 12.0. The molecule has 2 amide bonds. The molecule has 2 aromatic rings. The minimum Gasteiger partial charge on any atom is -0.360 e. The summed E-state index contributed by atoms with van der Waals surface area (Å²) in [5, 5.41) is 8.22. The standard InChI is InChI=1S/C14H12F3N3O3/c1-7-6-10(20-23-7)19-11(21)4-5-18-14(22)8-2-3-9(15)13(17)12(8)16/h2-3,6H,4-5H2,1H3,(H,18,22)(H,19,20,21). The van der Waals surface area contributed by atoms with Gasteiger partial charge in [-0.1, -0.05) is 5.16 Å². The fourth-order valence-corrected chi connectivity index (χ4v) is 1.72. The van der Waals surface area contributed by atoms with Gasteiger partial charge in [0, 0.05) is 19.0 Å². The van der Waals surface area contributed by atoms with E-state index >= 15 is 0 Å². The van der Waals surface area contributed by atoms with Crippen LogP contribution < -0.4 is 10.6 Å². The number of carbonyl (C=O) groups is 2. The van der Waals surface area contributed by atoms with Crippen molar-refractivity contribution in [3.05, 3.63) is 47.0 Å². The summed E-state index contributed by atoms with van der Waals surface area (Å²) in [5.41, 5.74) is -0.642. The van der Waals surface area contributed by atoms with Crippen molar-refractivity contribution in [3.63, 3.8) is 0 Å². The minimum absolute atomic E-state index is 0.122. The Bertz CT molecular complexity index is 746. The van der Waals surface area contributed by atoms with Crippen LogP contribution in [0, 0.1) is 24.4 Å². The number of halogens is 3. The van der Waals surface area contributed by atoms with Crippen LogP contribution in [0.25, 0.3) is 0 Å². The number of nitrogens with one attached hydrogen (secondary N) is 2. The summed E-state index contributed by atoms with van der Waals surface area (Å²) in [6.45, 7) is 1.53. The summed E-state index contributed by atoms with van der Waals surface area (Å²) in [6.07, 6.45) is -0.122. The Morgan fingerprint density at radius 1 is 1.22 bits per heavy atom. The van der Waals surface area contributed by atoms with Gasteiger partial charge in [-0.25, -0.2) is 13.2 Å². The van der Waals surface area contributed by atoms with Gasteiger partial charge in [0.15, 0.2) is 23.3 Å². The molecule has 0 atom stereocenters. The summed E-state index contributed by atoms with van der Waals surface area (Å²) in [7, 11) is 0. The molecular weight excluding hydrogens is 315 g/mol. The third kappa shape index (κ3) is 4.09. The third-order valence-corrected chi connectivity index (χ3v) is 2.81. The van der Waals surface area contributed by atoms with Crippen LogP contribution in [0.5, 0.6) is 0 Å². The van der Waals surface area contributed by atoms with Gasteiger partial charge in [0.1, 0.15) is 5.76 Å². The first-order valence-corrected chi connectivity index (χ1v) is 6.53. The second kappa shape index (κ2) is 6.95. The Morgan fingerprint density at radius 2 is 1.96 bits per heavy atom. The van der Waals surface area contributed by atoms with Crippen molar-refractivity contribution in [2.75, 3.05) is 11.9 Å². The number of rotatable bonds is 5. The summed E-state index contributed by atoms with van der Waals surface area (Å²) in [5.74, 6) is -5.35. The largest absolute Gasteiger partial charge is 0.360 e. The van der Waals surface area contributed by atoms with Crippen molar-refractivity contribution in [2.45, 2.75) is 13.3 Å². The van der Waals surface area contributed by atoms with E-state index in [9.17, 15) is 22.8 Å². The minimum atomic E-state index is -1.73. The molecule has 2 N–H and O–H groups in total. The Labute approximate surface area is 128 Å². The molecule has 2 rings (SSSR count). The van der Waals surface area contributed by atoms with Crippen molar-refractivity contribution >= 4 is 17.6 Å². The van der Waals surface area contributed by atoms with Gasteiger partial charge >= 0.3 is 0 Å². The number of aryl methyl sites for hydroxylation is 1. The molecule has 0 aliphatic carbocycles. The molecule has 1 aromatic heterocycles. The van der Waals surface area contributed by atoms with Gasteiger partial charge < -0.3 is 15.2 Å². The van der Waals surface area contributed by atoms with Crippen molar-refractivity contribution in [1.82, 2.24) is 10.5 Å². The van der Waals surface area contributed by atoms with Gasteiger partial charge in [-0.2, -0.15) is 0 Å². The van der Waals surface area contributed by atoms with Crippen molar-refractivity contribution in [2.24, 2.45) is 0 Å². The molecule has 0 fully saturated rings. The first-order valence-electron chi connectivity index (χ1n) is 6.53. The third-order valence-electron chi connectivity index (χ3n) is 2.81. The van der Waals surface area contributed by atoms with E-state index in [4.69, 9.17) is 4.52 Å². The highest BCUT2D eigenvalue weighted by Gasteiger charge is 2.18. The average Bonchev–Trinajstić information content (AvgIpc) is 2.89. The van der Waals surface area contributed by atoms with E-state index in [2.05, 4.69) is 15.8 Å². The number of carbonyl (C=O) groups excluding carboxylic acids is 2. The lowest BCUT2D eigenvalue weighted by Crippen LogP contribution is -2.28. The molecule has 6 nitrogen and oxygen atoms in total. The number of hydrogen-bond acceptors (Lipinski definition) is 4. The van der Waals surface area contributed by atoms with Crippen LogP contribution in [0.4, 0.5) is 19.0 Å². The number of nitrogens with zero attached hydrogens (tertiary/aromatic N) is 1. The van der Waals surface area contributed by atoms with E-state index in [0.29, 0.717) is 11.8 Å². The molecule has 23 heavy (non-hydrogen) atoms. The monoisotopic (exact) mass is 327 g/mol. The lowest BCUT2D eigenvalue weighted by atomic mass is 10.2. The first-order chi connectivity index (χ1) is 10.9. The van der Waals surface area contributed by atoms with E-state index in [1.54, 1.807) is 6.92 Å². The fraction of sp³-hybridized carbons (Fsp3) is 0.214. The molecule has 0 unspecified atom stereocenters. The highest BCUT2D eigenvalue weighted by atomic mass is 19.2. The summed E-state index contributed by atoms with van der Waals surface area (Å²) in [6, 6.07) is 2.97. The summed E-state index contributed by atoms with van der Waals surface area (Å²) in [4.78, 5) is 23.3. The summed E-state index contributed by atoms with van der Waals surface area (Å²) < 4.78 is 44.0. The maximum atomic E-state index is 13.4. The van der Waals surface area contributed by atoms with Crippen LogP contribution in [-0.2, 0) is 4.79 Å². The maximum absolute atomic E-state index is 13.4. The molecule has 0 aliphatic heterocycles. The van der Waals surface area contributed by atoms with E-state index in [1.165, 1.54) is 6.07 Å². The topological polar surface area (TPSA) is 84.2 Å². The van der Waals surface area contributed by atoms with Gasteiger partial charge in [-0.3, -0.25) is 9.59 Å². The van der Waals surface area contributed by atoms with Crippen LogP contribution in [0.2, 0.25) is 0 Å². The first kappa shape index (κ1) is 16.5. The van der Waals surface area contributed by atoms with Crippen LogP contribution in [0.15, 0.2) is 22.7 Å². The number of aromatic nitrogens is 1. The molecule has 1 heterocycles. The van der Waals surface area contributed by atoms with Crippen LogP contribution >= 0.6 is 0 Å². The van der Waals surface area contributed by atoms with E-state index in [-0.39, 0.29) is 18.8 Å². The van der Waals surface area contributed by atoms with Crippen molar-refractivity contribution in [3.8, 4) is 0 Å². The van der Waals surface area contributed by atoms with Gasteiger partial charge in [0.2, 0.25) is 5.91 Å². The van der Waals surface area contributed by atoms with Gasteiger partial charge in [0.25, 0.3) is 5.91 Å². The predicted molar refractivity (Wildman–Crippen MR) is 73.1 cm³/mol. The molecule has 0 saturated carbocycles. The molecule has 0 aliphatic rings. The van der Waals surface area contributed by atoms with E-state index in [0.717, 1.165) is 6.07 Å². The molecule has 0 radical (unpaired) electrons. The average molecular weight is 327 g/mol. The normalized spacial score (nSPS) is 10.4. The van der Waals surface area contributed by atoms with Crippen LogP contribution in [-0.4, -0.2) is 23.5 Å². The Morgan fingerprint density at radius 3 is 2.61 bits per heavy atom. The second-order valence-electron chi connectivity index (χ2n) is 4.60. The predicted octanol–water partition coefficient (Wildman–Crippen LogP) is 2.16. The molecule has 0 spiro atoms. The van der Waals surface area contributed by atoms with E-state index < -0.39 is 34.8 Å². The molecule has 1 aromatic carbocycles. The molecule has 122 valence electrons. The number of amides is 2. The zero-order chi connectivity index (χ0) is 17.0. The lowest BCUT2D eigenvalue weighted by molar-refractivity contribution is -0.116. The highest BCUT2D eigenvalue weighted by Crippen LogP contribution is 2.15. The SMILES string of the molecule is Cc1cc(NC(=O)CCNC(=O)c2ccc(F)c(F)c2F)no1. The van der Waals surface area contributed by atoms with Gasteiger partial charge in [0.05, 0.1) is 5.56 Å². The fourth-order valence-electron chi connectivity index (χ4n) is 1.72. The quantitative estimate of drug-likeness (QED) is 0.824. The Balaban J connectivity index is 1.85. The Kier molecular flexibility index (Phi) is 4.99. The number of benzene rings is 1. The lowest BCUT2D eigenvalue weighted by Gasteiger charge is -2.06. The maximum Gasteiger partial charge on any atom is 0.254 e.